The second-order valence-electron chi connectivity index (χ2n) is 22.5. The predicted molar refractivity (Wildman–Crippen MR) is 317 cm³/mol. The van der Waals surface area contributed by atoms with Gasteiger partial charge in [0.05, 0.1) is 17.0 Å². The van der Waals surface area contributed by atoms with Crippen LogP contribution in [0.3, 0.4) is 0 Å². The molecule has 0 bridgehead atoms. The molecule has 6 heterocycles. The summed E-state index contributed by atoms with van der Waals surface area (Å²) in [5.74, 6) is 0. The minimum absolute atomic E-state index is 0.000880. The molecule has 0 saturated heterocycles. The molecule has 0 saturated carbocycles. The molecular weight excluding hydrogens is 918 g/mol. The van der Waals surface area contributed by atoms with Crippen LogP contribution < -0.4 is 51.9 Å². The number of para-hydroxylation sites is 3. The summed E-state index contributed by atoms with van der Waals surface area (Å²) in [6.07, 6.45) is 0. The summed E-state index contributed by atoms with van der Waals surface area (Å²) >= 11 is 1.94. The van der Waals surface area contributed by atoms with Crippen molar-refractivity contribution in [3.05, 3.63) is 217 Å². The zero-order chi connectivity index (χ0) is 49.8. The minimum atomic E-state index is -0.212. The molecule has 15 rings (SSSR count). The third-order valence-electron chi connectivity index (χ3n) is 16.1. The maximum atomic E-state index is 7.34. The van der Waals surface area contributed by atoms with Crippen molar-refractivity contribution in [3.8, 4) is 0 Å². The molecule has 9 aromatic carbocycles. The lowest BCUT2D eigenvalue weighted by molar-refractivity contribution is 0.590. The predicted octanol–water partition coefficient (Wildman–Crippen LogP) is 14.4. The molecule has 0 radical (unpaired) electrons. The molecule has 0 amide bonds. The van der Waals surface area contributed by atoms with Crippen LogP contribution in [0.2, 0.25) is 0 Å². The molecule has 11 aromatic rings. The third kappa shape index (κ3) is 6.18. The Labute approximate surface area is 437 Å². The van der Waals surface area contributed by atoms with Crippen LogP contribution in [-0.2, 0) is 10.8 Å². The van der Waals surface area contributed by atoms with Crippen molar-refractivity contribution in [1.82, 2.24) is 0 Å². The van der Waals surface area contributed by atoms with Gasteiger partial charge < -0.3 is 24.0 Å². The van der Waals surface area contributed by atoms with Gasteiger partial charge in [0.2, 0.25) is 0 Å². The molecule has 4 aliphatic rings. The highest BCUT2D eigenvalue weighted by molar-refractivity contribution is 7.33. The third-order valence-corrected chi connectivity index (χ3v) is 17.3. The minimum Gasteiger partial charge on any atom is -0.468 e. The van der Waals surface area contributed by atoms with E-state index in [0.29, 0.717) is 0 Å². The molecule has 0 N–H and O–H groups in total. The van der Waals surface area contributed by atoms with Gasteiger partial charge in [0.25, 0.3) is 13.4 Å². The number of thiophene rings is 1. The highest BCUT2D eigenvalue weighted by Gasteiger charge is 2.50. The number of furan rings is 1. The van der Waals surface area contributed by atoms with Crippen LogP contribution in [0.4, 0.5) is 68.2 Å². The molecule has 4 aliphatic heterocycles. The largest absolute Gasteiger partial charge is 0.468 e. The van der Waals surface area contributed by atoms with E-state index >= 15 is 0 Å². The van der Waals surface area contributed by atoms with Crippen LogP contribution in [-0.4, -0.2) is 13.4 Å². The van der Waals surface area contributed by atoms with Gasteiger partial charge in [-0.1, -0.05) is 151 Å². The van der Waals surface area contributed by atoms with E-state index in [9.17, 15) is 0 Å². The fourth-order valence-electron chi connectivity index (χ4n) is 12.7. The lowest BCUT2D eigenvalue weighted by atomic mass is 9.32. The molecule has 0 atom stereocenters. The van der Waals surface area contributed by atoms with Crippen molar-refractivity contribution < 1.29 is 4.42 Å². The van der Waals surface area contributed by atoms with Crippen LogP contribution in [0.25, 0.3) is 21.1 Å². The average Bonchev–Trinajstić information content (AvgIpc) is 4.03. The van der Waals surface area contributed by atoms with Gasteiger partial charge in [0, 0.05) is 77.1 Å². The van der Waals surface area contributed by atoms with Crippen molar-refractivity contribution >= 4 is 146 Å². The second kappa shape index (κ2) is 15.7. The number of fused-ring (bicyclic) bond motifs is 12. The Morgan fingerprint density at radius 2 is 0.824 bits per heavy atom. The van der Waals surface area contributed by atoms with Gasteiger partial charge in [-0.25, -0.2) is 0 Å². The summed E-state index contributed by atoms with van der Waals surface area (Å²) < 4.78 is 9.98. The van der Waals surface area contributed by atoms with E-state index in [0.717, 1.165) is 62.1 Å². The quantitative estimate of drug-likeness (QED) is 0.164. The van der Waals surface area contributed by atoms with Gasteiger partial charge in [-0.05, 0) is 141 Å². The summed E-state index contributed by atoms with van der Waals surface area (Å²) in [6, 6.07) is 77.1. The lowest BCUT2D eigenvalue weighted by Crippen LogP contribution is -2.64. The van der Waals surface area contributed by atoms with Crippen LogP contribution in [0.1, 0.15) is 52.7 Å². The first-order chi connectivity index (χ1) is 36.0. The van der Waals surface area contributed by atoms with E-state index in [1.807, 2.05) is 11.3 Å². The zero-order valence-electron chi connectivity index (χ0n) is 42.4. The molecule has 354 valence electrons. The lowest BCUT2D eigenvalue weighted by Gasteiger charge is -2.46. The molecule has 74 heavy (non-hydrogen) atoms. The van der Waals surface area contributed by atoms with Gasteiger partial charge in [0.15, 0.2) is 0 Å². The average molecular weight is 971 g/mol. The van der Waals surface area contributed by atoms with Crippen molar-refractivity contribution in [2.75, 3.05) is 19.6 Å². The Hall–Kier alpha value is -8.19. The number of nitrogens with zero attached hydrogens (tertiary/aromatic N) is 4. The van der Waals surface area contributed by atoms with Crippen LogP contribution >= 0.6 is 11.3 Å². The molecule has 5 nitrogen and oxygen atoms in total. The number of rotatable bonds is 4. The first-order valence-electron chi connectivity index (χ1n) is 26.0. The van der Waals surface area contributed by atoms with Crippen molar-refractivity contribution in [2.24, 2.45) is 0 Å². The Balaban J connectivity index is 1.07. The van der Waals surface area contributed by atoms with E-state index in [1.54, 1.807) is 0 Å². The van der Waals surface area contributed by atoms with E-state index < -0.39 is 0 Å². The van der Waals surface area contributed by atoms with Gasteiger partial charge in [-0.15, -0.1) is 11.3 Å². The number of benzene rings is 9. The summed E-state index contributed by atoms with van der Waals surface area (Å²) in [7, 11) is 0. The van der Waals surface area contributed by atoms with Gasteiger partial charge in [-0.3, -0.25) is 0 Å². The number of hydrogen-bond acceptors (Lipinski definition) is 6. The van der Waals surface area contributed by atoms with E-state index in [1.165, 1.54) is 70.6 Å². The summed E-state index contributed by atoms with van der Waals surface area (Å²) in [4.78, 5) is 10.1. The van der Waals surface area contributed by atoms with Crippen molar-refractivity contribution in [2.45, 2.75) is 52.4 Å². The van der Waals surface area contributed by atoms with Crippen LogP contribution in [0, 0.1) is 0 Å². The number of anilines is 12. The summed E-state index contributed by atoms with van der Waals surface area (Å²) in [5.41, 5.74) is 23.5. The second-order valence-corrected chi connectivity index (χ2v) is 23.6. The Bertz CT molecular complexity index is 3820. The highest BCUT2D eigenvalue weighted by atomic mass is 32.1. The summed E-state index contributed by atoms with van der Waals surface area (Å²) in [5, 5.41) is 2.38. The smallest absolute Gasteiger partial charge is 0.297 e. The topological polar surface area (TPSA) is 26.1 Å². The van der Waals surface area contributed by atoms with Crippen LogP contribution in [0.15, 0.2) is 211 Å². The molecular formula is C66H52B2N4OS. The molecule has 0 unspecified atom stereocenters. The van der Waals surface area contributed by atoms with Gasteiger partial charge in [0.1, 0.15) is 5.58 Å². The SMILES string of the molecule is CC(C)(C)c1ccc(N2c3cc4c(cc3B3c5oc6ccccc6c5N(c5ccccc5)c5cccc2c53)B2c3sc5ccccc5c3N(c3ccccc3)c3cccc(c32)N4c2ccc(C(C)(C)C)cc2)cc1. The molecule has 2 aromatic heterocycles. The standard InChI is InChI=1S/C66H52B2N4OS/c1-65(2,3)41-31-35-45(36-32-41)69-51-25-17-27-53-59(51)67(63-61(47-23-13-15-29-57(47)73-63)71(53)43-19-9-7-10-20-43)49-39-50-56(40-55(49)69)70(46-37-33-42(34-38-46)66(4,5)6)52-26-18-28-54-60(52)68(50)64-62(48-24-14-16-30-58(48)74-64)72(54)44-21-11-8-12-22-44/h7-40H,1-6H3. The molecule has 8 heteroatoms. The Morgan fingerprint density at radius 1 is 0.378 bits per heavy atom. The molecule has 0 fully saturated rings. The van der Waals surface area contributed by atoms with Crippen LogP contribution in [0.5, 0.6) is 0 Å². The highest BCUT2D eigenvalue weighted by Crippen LogP contribution is 2.51. The maximum absolute atomic E-state index is 7.34. The maximum Gasteiger partial charge on any atom is 0.297 e. The fraction of sp³-hybridized carbons (Fsp3) is 0.121. The zero-order valence-corrected chi connectivity index (χ0v) is 43.2. The normalized spacial score (nSPS) is 14.2. The Morgan fingerprint density at radius 3 is 1.38 bits per heavy atom. The van der Waals surface area contributed by atoms with E-state index in [-0.39, 0.29) is 24.3 Å². The van der Waals surface area contributed by atoms with E-state index in [4.69, 9.17) is 4.42 Å². The van der Waals surface area contributed by atoms with Crippen molar-refractivity contribution in [3.63, 3.8) is 0 Å². The van der Waals surface area contributed by atoms with Gasteiger partial charge >= 0.3 is 0 Å². The first-order valence-corrected chi connectivity index (χ1v) is 26.8. The molecule has 0 spiro atoms. The monoisotopic (exact) mass is 970 g/mol. The van der Waals surface area contributed by atoms with Gasteiger partial charge in [-0.2, -0.15) is 0 Å². The van der Waals surface area contributed by atoms with E-state index in [2.05, 4.69) is 267 Å². The fourth-order valence-corrected chi connectivity index (χ4v) is 14.0. The molecule has 0 aliphatic carbocycles. The Kier molecular flexibility index (Phi) is 9.18. The van der Waals surface area contributed by atoms with Crippen molar-refractivity contribution in [1.29, 1.82) is 0 Å². The number of hydrogen-bond donors (Lipinski definition) is 0. The summed E-state index contributed by atoms with van der Waals surface area (Å²) in [6.45, 7) is 13.5. The first kappa shape index (κ1) is 43.4.